The summed E-state index contributed by atoms with van der Waals surface area (Å²) in [4.78, 5) is 13.1. The molecule has 1 N–H and O–H groups in total. The van der Waals surface area contributed by atoms with Crippen LogP contribution in [0.5, 0.6) is 0 Å². The van der Waals surface area contributed by atoms with Crippen molar-refractivity contribution in [1.82, 2.24) is 10.2 Å². The SMILES string of the molecule is CC(NCC(C)C1CC1)C(=O)N(C)C. The Hall–Kier alpha value is -0.570. The zero-order chi connectivity index (χ0) is 10.7. The predicted molar refractivity (Wildman–Crippen MR) is 58.0 cm³/mol. The van der Waals surface area contributed by atoms with Crippen LogP contribution in [0, 0.1) is 11.8 Å². The first-order valence-corrected chi connectivity index (χ1v) is 5.47. The van der Waals surface area contributed by atoms with Gasteiger partial charge < -0.3 is 10.2 Å². The lowest BCUT2D eigenvalue weighted by Gasteiger charge is -2.20. The Morgan fingerprint density at radius 3 is 2.43 bits per heavy atom. The molecule has 82 valence electrons. The highest BCUT2D eigenvalue weighted by atomic mass is 16.2. The van der Waals surface area contributed by atoms with Gasteiger partial charge in [-0.1, -0.05) is 6.92 Å². The summed E-state index contributed by atoms with van der Waals surface area (Å²) in [5.74, 6) is 1.78. The van der Waals surface area contributed by atoms with Gasteiger partial charge in [-0.3, -0.25) is 4.79 Å². The highest BCUT2D eigenvalue weighted by Crippen LogP contribution is 2.36. The number of hydrogen-bond acceptors (Lipinski definition) is 2. The normalized spacial score (nSPS) is 20.3. The lowest BCUT2D eigenvalue weighted by atomic mass is 10.1. The number of hydrogen-bond donors (Lipinski definition) is 1. The van der Waals surface area contributed by atoms with Crippen molar-refractivity contribution in [1.29, 1.82) is 0 Å². The van der Waals surface area contributed by atoms with Crippen LogP contribution in [0.2, 0.25) is 0 Å². The number of likely N-dealkylation sites (N-methyl/N-ethyl adjacent to an activating group) is 1. The van der Waals surface area contributed by atoms with Gasteiger partial charge in [0.15, 0.2) is 0 Å². The third-order valence-corrected chi connectivity index (χ3v) is 2.98. The van der Waals surface area contributed by atoms with Crippen molar-refractivity contribution in [2.75, 3.05) is 20.6 Å². The monoisotopic (exact) mass is 198 g/mol. The molecule has 0 aromatic rings. The predicted octanol–water partition coefficient (Wildman–Crippen LogP) is 1.10. The molecular weight excluding hydrogens is 176 g/mol. The molecule has 0 radical (unpaired) electrons. The Bertz CT molecular complexity index is 199. The van der Waals surface area contributed by atoms with Crippen LogP contribution in [-0.4, -0.2) is 37.5 Å². The summed E-state index contributed by atoms with van der Waals surface area (Å²) < 4.78 is 0. The fourth-order valence-electron chi connectivity index (χ4n) is 1.67. The summed E-state index contributed by atoms with van der Waals surface area (Å²) in [6.07, 6.45) is 2.75. The van der Waals surface area contributed by atoms with Crippen LogP contribution in [0.25, 0.3) is 0 Å². The van der Waals surface area contributed by atoms with E-state index in [4.69, 9.17) is 0 Å². The minimum absolute atomic E-state index is 0.0498. The van der Waals surface area contributed by atoms with Crippen LogP contribution < -0.4 is 5.32 Å². The average Bonchev–Trinajstić information content (AvgIpc) is 2.95. The summed E-state index contributed by atoms with van der Waals surface area (Å²) in [6, 6.07) is -0.0498. The quantitative estimate of drug-likeness (QED) is 0.717. The van der Waals surface area contributed by atoms with Gasteiger partial charge in [0, 0.05) is 14.1 Å². The molecule has 0 aliphatic heterocycles. The summed E-state index contributed by atoms with van der Waals surface area (Å²) in [7, 11) is 3.59. The van der Waals surface area contributed by atoms with Gasteiger partial charge in [0.1, 0.15) is 0 Å². The lowest BCUT2D eigenvalue weighted by molar-refractivity contribution is -0.130. The zero-order valence-electron chi connectivity index (χ0n) is 9.71. The van der Waals surface area contributed by atoms with Crippen molar-refractivity contribution in [2.24, 2.45) is 11.8 Å². The fourth-order valence-corrected chi connectivity index (χ4v) is 1.67. The molecule has 0 heterocycles. The molecule has 2 atom stereocenters. The van der Waals surface area contributed by atoms with E-state index in [2.05, 4.69) is 12.2 Å². The largest absolute Gasteiger partial charge is 0.347 e. The molecule has 0 bridgehead atoms. The van der Waals surface area contributed by atoms with E-state index in [-0.39, 0.29) is 11.9 Å². The number of rotatable bonds is 5. The van der Waals surface area contributed by atoms with E-state index in [0.717, 1.165) is 12.5 Å². The standard InChI is InChI=1S/C11H22N2O/c1-8(10-5-6-10)7-12-9(2)11(14)13(3)4/h8-10,12H,5-7H2,1-4H3. The first-order valence-electron chi connectivity index (χ1n) is 5.47. The molecule has 1 rings (SSSR count). The van der Waals surface area contributed by atoms with Crippen molar-refractivity contribution in [3.05, 3.63) is 0 Å². The summed E-state index contributed by atoms with van der Waals surface area (Å²) >= 11 is 0. The zero-order valence-corrected chi connectivity index (χ0v) is 9.71. The molecule has 0 aromatic heterocycles. The van der Waals surface area contributed by atoms with E-state index < -0.39 is 0 Å². The third-order valence-electron chi connectivity index (χ3n) is 2.98. The molecular formula is C11H22N2O. The molecule has 3 nitrogen and oxygen atoms in total. The van der Waals surface area contributed by atoms with E-state index in [0.29, 0.717) is 5.92 Å². The van der Waals surface area contributed by atoms with Crippen molar-refractivity contribution in [3.63, 3.8) is 0 Å². The maximum Gasteiger partial charge on any atom is 0.238 e. The van der Waals surface area contributed by atoms with Gasteiger partial charge in [-0.2, -0.15) is 0 Å². The van der Waals surface area contributed by atoms with Gasteiger partial charge in [0.05, 0.1) is 6.04 Å². The maximum atomic E-state index is 11.5. The van der Waals surface area contributed by atoms with Crippen molar-refractivity contribution >= 4 is 5.91 Å². The van der Waals surface area contributed by atoms with Crippen LogP contribution in [0.3, 0.4) is 0 Å². The molecule has 1 fully saturated rings. The average molecular weight is 198 g/mol. The van der Waals surface area contributed by atoms with Gasteiger partial charge >= 0.3 is 0 Å². The molecule has 3 heteroatoms. The third kappa shape index (κ3) is 3.29. The van der Waals surface area contributed by atoms with Gasteiger partial charge in [-0.15, -0.1) is 0 Å². The molecule has 0 saturated heterocycles. The molecule has 0 aromatic carbocycles. The number of nitrogens with one attached hydrogen (secondary N) is 1. The van der Waals surface area contributed by atoms with Gasteiger partial charge in [-0.25, -0.2) is 0 Å². The Balaban J connectivity index is 2.19. The van der Waals surface area contributed by atoms with Crippen molar-refractivity contribution in [3.8, 4) is 0 Å². The van der Waals surface area contributed by atoms with E-state index in [1.807, 2.05) is 6.92 Å². The van der Waals surface area contributed by atoms with Crippen LogP contribution in [0.4, 0.5) is 0 Å². The molecule has 1 saturated carbocycles. The Labute approximate surface area is 86.9 Å². The second kappa shape index (κ2) is 4.78. The number of amides is 1. The first-order chi connectivity index (χ1) is 6.52. The van der Waals surface area contributed by atoms with E-state index in [1.54, 1.807) is 19.0 Å². The fraction of sp³-hybridized carbons (Fsp3) is 0.909. The highest BCUT2D eigenvalue weighted by Gasteiger charge is 2.28. The minimum Gasteiger partial charge on any atom is -0.347 e. The minimum atomic E-state index is -0.0498. The number of nitrogens with zero attached hydrogens (tertiary/aromatic N) is 1. The van der Waals surface area contributed by atoms with E-state index in [1.165, 1.54) is 12.8 Å². The molecule has 1 aliphatic rings. The summed E-state index contributed by atoms with van der Waals surface area (Å²) in [5, 5.41) is 3.29. The molecule has 1 aliphatic carbocycles. The van der Waals surface area contributed by atoms with E-state index >= 15 is 0 Å². The van der Waals surface area contributed by atoms with Crippen molar-refractivity contribution < 1.29 is 4.79 Å². The molecule has 1 amide bonds. The van der Waals surface area contributed by atoms with Gasteiger partial charge in [-0.05, 0) is 38.1 Å². The lowest BCUT2D eigenvalue weighted by Crippen LogP contribution is -2.43. The second-order valence-corrected chi connectivity index (χ2v) is 4.68. The smallest absolute Gasteiger partial charge is 0.238 e. The molecule has 14 heavy (non-hydrogen) atoms. The second-order valence-electron chi connectivity index (χ2n) is 4.68. The Kier molecular flexibility index (Phi) is 3.93. The Morgan fingerprint density at radius 1 is 1.43 bits per heavy atom. The number of carbonyl (C=O) groups excluding carboxylic acids is 1. The first kappa shape index (κ1) is 11.5. The topological polar surface area (TPSA) is 32.3 Å². The number of carbonyl (C=O) groups is 1. The molecule has 2 unspecified atom stereocenters. The van der Waals surface area contributed by atoms with E-state index in [9.17, 15) is 4.79 Å². The summed E-state index contributed by atoms with van der Waals surface area (Å²) in [6.45, 7) is 5.16. The van der Waals surface area contributed by atoms with Crippen LogP contribution in [-0.2, 0) is 4.79 Å². The van der Waals surface area contributed by atoms with Crippen LogP contribution in [0.1, 0.15) is 26.7 Å². The van der Waals surface area contributed by atoms with Gasteiger partial charge in [0.25, 0.3) is 0 Å². The Morgan fingerprint density at radius 2 is 2.00 bits per heavy atom. The molecule has 0 spiro atoms. The summed E-state index contributed by atoms with van der Waals surface area (Å²) in [5.41, 5.74) is 0. The highest BCUT2D eigenvalue weighted by molar-refractivity contribution is 5.80. The van der Waals surface area contributed by atoms with Crippen LogP contribution >= 0.6 is 0 Å². The van der Waals surface area contributed by atoms with Crippen molar-refractivity contribution in [2.45, 2.75) is 32.7 Å². The van der Waals surface area contributed by atoms with Gasteiger partial charge in [0.2, 0.25) is 5.91 Å². The van der Waals surface area contributed by atoms with Crippen LogP contribution in [0.15, 0.2) is 0 Å². The maximum absolute atomic E-state index is 11.5.